The Labute approximate surface area is 148 Å². The van der Waals surface area contributed by atoms with Crippen molar-refractivity contribution in [2.75, 3.05) is 30.0 Å². The molecule has 1 heterocycles. The van der Waals surface area contributed by atoms with Crippen molar-refractivity contribution in [2.45, 2.75) is 25.8 Å². The molecule has 1 aliphatic rings. The molecule has 1 amide bonds. The summed E-state index contributed by atoms with van der Waals surface area (Å²) in [5.74, 6) is 0.943. The highest BCUT2D eigenvalue weighted by Gasteiger charge is 2.22. The van der Waals surface area contributed by atoms with Crippen LogP contribution >= 0.6 is 0 Å². The maximum Gasteiger partial charge on any atom is 0.227 e. The molecule has 132 valence electrons. The van der Waals surface area contributed by atoms with Crippen molar-refractivity contribution in [1.29, 1.82) is 0 Å². The highest BCUT2D eigenvalue weighted by molar-refractivity contribution is 5.95. The van der Waals surface area contributed by atoms with Gasteiger partial charge in [0.1, 0.15) is 12.4 Å². The molecule has 5 heteroatoms. The van der Waals surface area contributed by atoms with Gasteiger partial charge in [-0.05, 0) is 55.3 Å². The van der Waals surface area contributed by atoms with E-state index < -0.39 is 0 Å². The summed E-state index contributed by atoms with van der Waals surface area (Å²) in [6.45, 7) is 3.21. The van der Waals surface area contributed by atoms with E-state index >= 15 is 0 Å². The minimum Gasteiger partial charge on any atom is -0.491 e. The summed E-state index contributed by atoms with van der Waals surface area (Å²) in [7, 11) is 0. The van der Waals surface area contributed by atoms with Crippen LogP contribution in [-0.2, 0) is 4.79 Å². The largest absolute Gasteiger partial charge is 0.491 e. The van der Waals surface area contributed by atoms with Crippen molar-refractivity contribution in [3.8, 4) is 5.75 Å². The Bertz CT molecular complexity index is 715. The van der Waals surface area contributed by atoms with Crippen LogP contribution < -0.4 is 15.0 Å². The van der Waals surface area contributed by atoms with E-state index in [9.17, 15) is 4.79 Å². The van der Waals surface area contributed by atoms with Gasteiger partial charge in [0.2, 0.25) is 5.91 Å². The summed E-state index contributed by atoms with van der Waals surface area (Å²) in [5.41, 5.74) is 3.10. The molecule has 0 radical (unpaired) electrons. The predicted octanol–water partition coefficient (Wildman–Crippen LogP) is 3.36. The van der Waals surface area contributed by atoms with Gasteiger partial charge in [-0.3, -0.25) is 4.79 Å². The second-order valence-corrected chi connectivity index (χ2v) is 6.21. The van der Waals surface area contributed by atoms with E-state index in [1.807, 2.05) is 41.3 Å². The molecule has 1 aliphatic heterocycles. The summed E-state index contributed by atoms with van der Waals surface area (Å²) in [6, 6.07) is 15.9. The maximum atomic E-state index is 11.9. The second-order valence-electron chi connectivity index (χ2n) is 6.21. The SMILES string of the molecule is CC(Nc1ccc(OCCO)cc1)c1cccc(N2CCCC2=O)c1. The van der Waals surface area contributed by atoms with Crippen LogP contribution in [0.3, 0.4) is 0 Å². The summed E-state index contributed by atoms with van der Waals surface area (Å²) < 4.78 is 5.37. The quantitative estimate of drug-likeness (QED) is 0.811. The number of nitrogens with one attached hydrogen (secondary N) is 1. The van der Waals surface area contributed by atoms with Crippen LogP contribution in [0.15, 0.2) is 48.5 Å². The van der Waals surface area contributed by atoms with Crippen LogP contribution in [0, 0.1) is 0 Å². The molecule has 2 N–H and O–H groups in total. The molecule has 25 heavy (non-hydrogen) atoms. The number of aliphatic hydroxyl groups excluding tert-OH is 1. The number of rotatable bonds is 7. The first-order chi connectivity index (χ1) is 12.2. The lowest BCUT2D eigenvalue weighted by atomic mass is 10.1. The fourth-order valence-corrected chi connectivity index (χ4v) is 3.03. The van der Waals surface area contributed by atoms with Gasteiger partial charge >= 0.3 is 0 Å². The zero-order chi connectivity index (χ0) is 17.6. The molecule has 1 saturated heterocycles. The highest BCUT2D eigenvalue weighted by atomic mass is 16.5. The van der Waals surface area contributed by atoms with Crippen LogP contribution in [0.25, 0.3) is 0 Å². The second kappa shape index (κ2) is 8.03. The van der Waals surface area contributed by atoms with E-state index in [0.29, 0.717) is 13.0 Å². The van der Waals surface area contributed by atoms with Crippen molar-refractivity contribution < 1.29 is 14.6 Å². The first-order valence-corrected chi connectivity index (χ1v) is 8.68. The van der Waals surface area contributed by atoms with Gasteiger partial charge in [0.15, 0.2) is 0 Å². The molecule has 1 unspecified atom stereocenters. The van der Waals surface area contributed by atoms with E-state index in [0.717, 1.165) is 35.7 Å². The molecule has 0 spiro atoms. The number of amides is 1. The van der Waals surface area contributed by atoms with Gasteiger partial charge in [0.25, 0.3) is 0 Å². The molecule has 2 aromatic carbocycles. The Balaban J connectivity index is 1.66. The van der Waals surface area contributed by atoms with Crippen molar-refractivity contribution >= 4 is 17.3 Å². The average Bonchev–Trinajstić information content (AvgIpc) is 3.07. The zero-order valence-corrected chi connectivity index (χ0v) is 14.4. The monoisotopic (exact) mass is 340 g/mol. The van der Waals surface area contributed by atoms with Crippen LogP contribution in [-0.4, -0.2) is 30.8 Å². The first kappa shape index (κ1) is 17.3. The molecule has 0 saturated carbocycles. The highest BCUT2D eigenvalue weighted by Crippen LogP contribution is 2.27. The number of anilines is 2. The lowest BCUT2D eigenvalue weighted by Gasteiger charge is -2.20. The Kier molecular flexibility index (Phi) is 5.56. The van der Waals surface area contributed by atoms with Crippen molar-refractivity contribution in [3.63, 3.8) is 0 Å². The fraction of sp³-hybridized carbons (Fsp3) is 0.350. The molecular formula is C20H24N2O3. The lowest BCUT2D eigenvalue weighted by molar-refractivity contribution is -0.117. The van der Waals surface area contributed by atoms with Gasteiger partial charge < -0.3 is 20.1 Å². The van der Waals surface area contributed by atoms with E-state index in [-0.39, 0.29) is 18.6 Å². The Morgan fingerprint density at radius 3 is 2.72 bits per heavy atom. The van der Waals surface area contributed by atoms with Crippen LogP contribution in [0.5, 0.6) is 5.75 Å². The summed E-state index contributed by atoms with van der Waals surface area (Å²) in [6.07, 6.45) is 1.57. The molecule has 0 aromatic heterocycles. The number of ether oxygens (including phenoxy) is 1. The van der Waals surface area contributed by atoms with Crippen molar-refractivity contribution in [1.82, 2.24) is 0 Å². The minimum absolute atomic E-state index is 0.00684. The molecule has 3 rings (SSSR count). The third-order valence-corrected chi connectivity index (χ3v) is 4.35. The first-order valence-electron chi connectivity index (χ1n) is 8.68. The third-order valence-electron chi connectivity index (χ3n) is 4.35. The Morgan fingerprint density at radius 2 is 2.04 bits per heavy atom. The average molecular weight is 340 g/mol. The van der Waals surface area contributed by atoms with E-state index in [4.69, 9.17) is 9.84 Å². The molecule has 1 fully saturated rings. The van der Waals surface area contributed by atoms with Crippen molar-refractivity contribution in [2.24, 2.45) is 0 Å². The van der Waals surface area contributed by atoms with Gasteiger partial charge in [-0.25, -0.2) is 0 Å². The molecule has 0 aliphatic carbocycles. The molecule has 2 aromatic rings. The number of nitrogens with zero attached hydrogens (tertiary/aromatic N) is 1. The number of hydrogen-bond acceptors (Lipinski definition) is 4. The maximum absolute atomic E-state index is 11.9. The number of carbonyl (C=O) groups is 1. The fourth-order valence-electron chi connectivity index (χ4n) is 3.03. The predicted molar refractivity (Wildman–Crippen MR) is 99.1 cm³/mol. The molecule has 0 bridgehead atoms. The molecule has 5 nitrogen and oxygen atoms in total. The topological polar surface area (TPSA) is 61.8 Å². The molecular weight excluding hydrogens is 316 g/mol. The van der Waals surface area contributed by atoms with Crippen LogP contribution in [0.2, 0.25) is 0 Å². The number of hydrogen-bond donors (Lipinski definition) is 2. The van der Waals surface area contributed by atoms with Gasteiger partial charge in [0, 0.05) is 30.4 Å². The van der Waals surface area contributed by atoms with E-state index in [2.05, 4.69) is 24.4 Å². The van der Waals surface area contributed by atoms with Crippen LogP contribution in [0.4, 0.5) is 11.4 Å². The number of benzene rings is 2. The smallest absolute Gasteiger partial charge is 0.227 e. The normalized spacial score (nSPS) is 15.3. The lowest BCUT2D eigenvalue weighted by Crippen LogP contribution is -2.23. The summed E-state index contributed by atoms with van der Waals surface area (Å²) >= 11 is 0. The number of carbonyl (C=O) groups excluding carboxylic acids is 1. The summed E-state index contributed by atoms with van der Waals surface area (Å²) in [4.78, 5) is 13.8. The molecule has 1 atom stereocenters. The third kappa shape index (κ3) is 4.31. The summed E-state index contributed by atoms with van der Waals surface area (Å²) in [5, 5.41) is 12.2. The van der Waals surface area contributed by atoms with Crippen LogP contribution in [0.1, 0.15) is 31.4 Å². The van der Waals surface area contributed by atoms with Gasteiger partial charge in [-0.15, -0.1) is 0 Å². The Morgan fingerprint density at radius 1 is 1.24 bits per heavy atom. The number of aliphatic hydroxyl groups is 1. The van der Waals surface area contributed by atoms with E-state index in [1.165, 1.54) is 0 Å². The standard InChI is InChI=1S/C20H24N2O3/c1-15(21-17-7-9-19(10-8-17)25-13-12-23)16-4-2-5-18(14-16)22-11-3-6-20(22)24/h2,4-5,7-10,14-15,21,23H,3,6,11-13H2,1H3. The van der Waals surface area contributed by atoms with Gasteiger partial charge in [-0.2, -0.15) is 0 Å². The van der Waals surface area contributed by atoms with E-state index in [1.54, 1.807) is 0 Å². The Hall–Kier alpha value is -2.53. The zero-order valence-electron chi connectivity index (χ0n) is 14.4. The minimum atomic E-state index is 0.00684. The van der Waals surface area contributed by atoms with Gasteiger partial charge in [0.05, 0.1) is 6.61 Å². The van der Waals surface area contributed by atoms with Crippen molar-refractivity contribution in [3.05, 3.63) is 54.1 Å². The van der Waals surface area contributed by atoms with Gasteiger partial charge in [-0.1, -0.05) is 12.1 Å².